The predicted octanol–water partition coefficient (Wildman–Crippen LogP) is 3.40. The van der Waals surface area contributed by atoms with E-state index < -0.39 is 6.09 Å². The number of carbonyl (C=O) groups is 2. The zero-order chi connectivity index (χ0) is 23.5. The summed E-state index contributed by atoms with van der Waals surface area (Å²) in [5, 5.41) is 9.94. The van der Waals surface area contributed by atoms with Crippen LogP contribution in [0.3, 0.4) is 0 Å². The number of nitrogens with zero attached hydrogens (tertiary/aromatic N) is 4. The van der Waals surface area contributed by atoms with Crippen molar-refractivity contribution in [3.63, 3.8) is 0 Å². The highest BCUT2D eigenvalue weighted by atomic mass is 16.4. The molecule has 2 aliphatic heterocycles. The van der Waals surface area contributed by atoms with Crippen molar-refractivity contribution in [3.8, 4) is 0 Å². The number of amides is 2. The van der Waals surface area contributed by atoms with Crippen molar-refractivity contribution in [3.05, 3.63) is 102 Å². The molecule has 2 saturated heterocycles. The fourth-order valence-electron chi connectivity index (χ4n) is 5.40. The van der Waals surface area contributed by atoms with Crippen LogP contribution in [0.1, 0.15) is 27.4 Å². The number of rotatable bonds is 4. The first kappa shape index (κ1) is 22.1. The van der Waals surface area contributed by atoms with Crippen LogP contribution in [0.15, 0.2) is 85.2 Å². The number of hydrogen-bond acceptors (Lipinski definition) is 4. The van der Waals surface area contributed by atoms with E-state index in [1.807, 2.05) is 41.3 Å². The minimum Gasteiger partial charge on any atom is -0.465 e. The molecule has 3 aromatic rings. The van der Waals surface area contributed by atoms with Crippen LogP contribution in [-0.4, -0.2) is 81.6 Å². The van der Waals surface area contributed by atoms with Crippen LogP contribution in [0.25, 0.3) is 0 Å². The monoisotopic (exact) mass is 456 g/mol. The van der Waals surface area contributed by atoms with Gasteiger partial charge in [0.05, 0.1) is 5.56 Å². The third-order valence-electron chi connectivity index (χ3n) is 6.96. The standard InChI is InChI=1S/C27H28N4O3/c32-26(22-12-7-13-28-16-22)29-14-15-31-23(17-29)18-30(27(33)34)19-24(31)25(20-8-3-1-4-9-20)21-10-5-2-6-11-21/h1-13,16,23-25H,14-15,17-19H2,(H,33,34)/t23-,24?/m0/s1. The van der Waals surface area contributed by atoms with Gasteiger partial charge in [-0.1, -0.05) is 60.7 Å². The second-order valence-corrected chi connectivity index (χ2v) is 8.94. The van der Waals surface area contributed by atoms with E-state index in [1.165, 1.54) is 16.0 Å². The summed E-state index contributed by atoms with van der Waals surface area (Å²) in [6, 6.07) is 24.0. The number of aromatic nitrogens is 1. The minimum absolute atomic E-state index is 0.0209. The summed E-state index contributed by atoms with van der Waals surface area (Å²) in [5.74, 6) is -0.0351. The molecule has 2 amide bonds. The lowest BCUT2D eigenvalue weighted by molar-refractivity contribution is -0.0208. The zero-order valence-corrected chi connectivity index (χ0v) is 18.9. The molecule has 0 aliphatic carbocycles. The van der Waals surface area contributed by atoms with Gasteiger partial charge in [-0.25, -0.2) is 4.79 Å². The Kier molecular flexibility index (Phi) is 6.27. The highest BCUT2D eigenvalue weighted by molar-refractivity contribution is 5.94. The van der Waals surface area contributed by atoms with Gasteiger partial charge in [0.2, 0.25) is 0 Å². The van der Waals surface area contributed by atoms with Crippen LogP contribution in [0.4, 0.5) is 4.79 Å². The lowest BCUT2D eigenvalue weighted by atomic mass is 9.82. The van der Waals surface area contributed by atoms with Gasteiger partial charge in [-0.15, -0.1) is 0 Å². The summed E-state index contributed by atoms with van der Waals surface area (Å²) in [5.41, 5.74) is 2.89. The maximum absolute atomic E-state index is 13.1. The first-order valence-corrected chi connectivity index (χ1v) is 11.6. The Labute approximate surface area is 199 Å². The molecule has 0 saturated carbocycles. The second kappa shape index (κ2) is 9.65. The van der Waals surface area contributed by atoms with E-state index in [2.05, 4.69) is 34.1 Å². The lowest BCUT2D eigenvalue weighted by Gasteiger charge is -2.53. The molecule has 174 valence electrons. The van der Waals surface area contributed by atoms with Crippen LogP contribution in [0, 0.1) is 0 Å². The van der Waals surface area contributed by atoms with E-state index in [0.717, 1.165) is 0 Å². The summed E-state index contributed by atoms with van der Waals surface area (Å²) in [4.78, 5) is 35.1. The number of fused-ring (bicyclic) bond motifs is 1. The van der Waals surface area contributed by atoms with Crippen molar-refractivity contribution in [2.75, 3.05) is 32.7 Å². The molecule has 0 radical (unpaired) electrons. The van der Waals surface area contributed by atoms with Gasteiger partial charge < -0.3 is 14.9 Å². The van der Waals surface area contributed by atoms with E-state index in [9.17, 15) is 14.7 Å². The van der Waals surface area contributed by atoms with Gasteiger partial charge in [0, 0.05) is 63.1 Å². The molecule has 3 heterocycles. The molecule has 2 atom stereocenters. The Bertz CT molecular complexity index is 1090. The van der Waals surface area contributed by atoms with Crippen molar-refractivity contribution >= 4 is 12.0 Å². The molecule has 1 unspecified atom stereocenters. The van der Waals surface area contributed by atoms with Crippen molar-refractivity contribution in [2.24, 2.45) is 0 Å². The first-order valence-electron chi connectivity index (χ1n) is 11.6. The van der Waals surface area contributed by atoms with Crippen molar-refractivity contribution in [2.45, 2.75) is 18.0 Å². The van der Waals surface area contributed by atoms with Crippen LogP contribution in [0.5, 0.6) is 0 Å². The maximum Gasteiger partial charge on any atom is 0.407 e. The number of benzene rings is 2. The van der Waals surface area contributed by atoms with E-state index in [0.29, 0.717) is 38.3 Å². The fourth-order valence-corrected chi connectivity index (χ4v) is 5.40. The summed E-state index contributed by atoms with van der Waals surface area (Å²) < 4.78 is 0. The average molecular weight is 457 g/mol. The van der Waals surface area contributed by atoms with Gasteiger partial charge in [0.15, 0.2) is 0 Å². The predicted molar refractivity (Wildman–Crippen MR) is 129 cm³/mol. The van der Waals surface area contributed by atoms with Crippen LogP contribution in [-0.2, 0) is 0 Å². The van der Waals surface area contributed by atoms with Gasteiger partial charge in [-0.2, -0.15) is 0 Å². The summed E-state index contributed by atoms with van der Waals surface area (Å²) >= 11 is 0. The molecule has 1 N–H and O–H groups in total. The first-order chi connectivity index (χ1) is 16.6. The molecular formula is C27H28N4O3. The smallest absolute Gasteiger partial charge is 0.407 e. The Morgan fingerprint density at radius 3 is 2.06 bits per heavy atom. The van der Waals surface area contributed by atoms with Gasteiger partial charge >= 0.3 is 6.09 Å². The molecule has 34 heavy (non-hydrogen) atoms. The van der Waals surface area contributed by atoms with Crippen molar-refractivity contribution in [1.29, 1.82) is 0 Å². The summed E-state index contributed by atoms with van der Waals surface area (Å²) in [6.45, 7) is 2.61. The molecule has 7 heteroatoms. The Hall–Kier alpha value is -3.71. The van der Waals surface area contributed by atoms with Crippen LogP contribution < -0.4 is 0 Å². The number of carbonyl (C=O) groups excluding carboxylic acids is 1. The Morgan fingerprint density at radius 2 is 1.47 bits per heavy atom. The van der Waals surface area contributed by atoms with Gasteiger partial charge in [-0.3, -0.25) is 14.7 Å². The molecular weight excluding hydrogens is 428 g/mol. The quantitative estimate of drug-likeness (QED) is 0.651. The van der Waals surface area contributed by atoms with Crippen LogP contribution in [0.2, 0.25) is 0 Å². The average Bonchev–Trinajstić information content (AvgIpc) is 2.89. The van der Waals surface area contributed by atoms with E-state index >= 15 is 0 Å². The molecule has 1 aromatic heterocycles. The SMILES string of the molecule is O=C(O)N1CC(C(c2ccccc2)c2ccccc2)N2CCN(C(=O)c3cccnc3)C[C@H]2C1. The third kappa shape index (κ3) is 4.39. The molecule has 5 rings (SSSR count). The molecule has 2 aliphatic rings. The van der Waals surface area contributed by atoms with Crippen molar-refractivity contribution in [1.82, 2.24) is 19.7 Å². The van der Waals surface area contributed by atoms with E-state index in [1.54, 1.807) is 24.5 Å². The normalized spacial score (nSPS) is 20.7. The highest BCUT2D eigenvalue weighted by Crippen LogP contribution is 2.35. The number of pyridine rings is 1. The second-order valence-electron chi connectivity index (χ2n) is 8.94. The van der Waals surface area contributed by atoms with Gasteiger partial charge in [-0.05, 0) is 23.3 Å². The van der Waals surface area contributed by atoms with Crippen molar-refractivity contribution < 1.29 is 14.7 Å². The minimum atomic E-state index is -0.916. The van der Waals surface area contributed by atoms with Crippen LogP contribution >= 0.6 is 0 Å². The molecule has 0 bridgehead atoms. The molecule has 2 fully saturated rings. The topological polar surface area (TPSA) is 77.0 Å². The molecule has 2 aromatic carbocycles. The zero-order valence-electron chi connectivity index (χ0n) is 18.9. The largest absolute Gasteiger partial charge is 0.465 e. The lowest BCUT2D eigenvalue weighted by Crippen LogP contribution is -2.68. The third-order valence-corrected chi connectivity index (χ3v) is 6.96. The summed E-state index contributed by atoms with van der Waals surface area (Å²) in [6.07, 6.45) is 2.32. The fraction of sp³-hybridized carbons (Fsp3) is 0.296. The molecule has 0 spiro atoms. The van der Waals surface area contributed by atoms with Gasteiger partial charge in [0.1, 0.15) is 0 Å². The van der Waals surface area contributed by atoms with Gasteiger partial charge in [0.25, 0.3) is 5.91 Å². The highest BCUT2D eigenvalue weighted by Gasteiger charge is 2.44. The Morgan fingerprint density at radius 1 is 0.824 bits per heavy atom. The maximum atomic E-state index is 13.1. The Balaban J connectivity index is 1.47. The number of carboxylic acid groups (broad SMARTS) is 1. The number of hydrogen-bond donors (Lipinski definition) is 1. The van der Waals surface area contributed by atoms with E-state index in [-0.39, 0.29) is 23.9 Å². The van der Waals surface area contributed by atoms with E-state index in [4.69, 9.17) is 0 Å². The number of piperazine rings is 2. The molecule has 7 nitrogen and oxygen atoms in total. The summed E-state index contributed by atoms with van der Waals surface area (Å²) in [7, 11) is 0.